The second-order valence-corrected chi connectivity index (χ2v) is 3.18. The Morgan fingerprint density at radius 1 is 1.67 bits per heavy atom. The second-order valence-electron chi connectivity index (χ2n) is 3.18. The van der Waals surface area contributed by atoms with Crippen LogP contribution in [-0.2, 0) is 4.79 Å². The van der Waals surface area contributed by atoms with Gasteiger partial charge in [0.25, 0.3) is 0 Å². The molecule has 0 radical (unpaired) electrons. The van der Waals surface area contributed by atoms with E-state index in [1.54, 1.807) is 0 Å². The molecule has 2 N–H and O–H groups in total. The number of piperidine rings is 1. The number of nitrogens with one attached hydrogen (secondary N) is 2. The molecule has 1 heterocycles. The highest BCUT2D eigenvalue weighted by Crippen LogP contribution is 2.18. The van der Waals surface area contributed by atoms with Crippen molar-refractivity contribution in [2.24, 2.45) is 11.8 Å². The molecule has 1 amide bonds. The van der Waals surface area contributed by atoms with Gasteiger partial charge in [0.15, 0.2) is 0 Å². The summed E-state index contributed by atoms with van der Waals surface area (Å²) in [4.78, 5) is 10.1. The molecular formula is C9H16N2O. The normalized spacial score (nSPS) is 29.3. The molecular weight excluding hydrogens is 152 g/mol. The number of allylic oxidation sites excluding steroid dienone is 1. The zero-order chi connectivity index (χ0) is 8.81. The third-order valence-corrected chi connectivity index (χ3v) is 2.43. The third kappa shape index (κ3) is 2.34. The lowest BCUT2D eigenvalue weighted by Gasteiger charge is -2.29. The zero-order valence-electron chi connectivity index (χ0n) is 7.25. The van der Waals surface area contributed by atoms with Gasteiger partial charge in [-0.25, -0.2) is 0 Å². The Morgan fingerprint density at radius 2 is 2.50 bits per heavy atom. The van der Waals surface area contributed by atoms with E-state index < -0.39 is 0 Å². The average Bonchev–Trinajstić information content (AvgIpc) is 2.15. The zero-order valence-corrected chi connectivity index (χ0v) is 7.25. The lowest BCUT2D eigenvalue weighted by molar-refractivity contribution is -0.109. The number of carbonyl (C=O) groups is 1. The molecule has 0 aliphatic carbocycles. The largest absolute Gasteiger partial charge is 0.358 e. The summed E-state index contributed by atoms with van der Waals surface area (Å²) >= 11 is 0. The van der Waals surface area contributed by atoms with Gasteiger partial charge in [0.1, 0.15) is 0 Å². The van der Waals surface area contributed by atoms with Gasteiger partial charge in [0.05, 0.1) is 0 Å². The number of hydrogen-bond acceptors (Lipinski definition) is 2. The van der Waals surface area contributed by atoms with Crippen LogP contribution in [0.4, 0.5) is 0 Å². The number of rotatable bonds is 4. The van der Waals surface area contributed by atoms with E-state index in [2.05, 4.69) is 17.2 Å². The molecule has 0 aromatic carbocycles. The molecule has 0 saturated carbocycles. The molecule has 1 saturated heterocycles. The van der Waals surface area contributed by atoms with Gasteiger partial charge in [-0.3, -0.25) is 4.79 Å². The standard InChI is InChI=1S/C9H16N2O/c1-2-8-3-4-10-5-9(8)6-11-7-12/h2,7-10H,1,3-6H2,(H,11,12)/t8-,9-/m1/s1. The van der Waals surface area contributed by atoms with E-state index in [0.717, 1.165) is 32.5 Å². The fourth-order valence-corrected chi connectivity index (χ4v) is 1.68. The lowest BCUT2D eigenvalue weighted by atomic mass is 9.86. The number of hydrogen-bond donors (Lipinski definition) is 2. The summed E-state index contributed by atoms with van der Waals surface area (Å²) < 4.78 is 0. The first-order valence-corrected chi connectivity index (χ1v) is 4.38. The Bertz CT molecular complexity index is 159. The molecule has 0 bridgehead atoms. The van der Waals surface area contributed by atoms with Gasteiger partial charge in [0.2, 0.25) is 6.41 Å². The van der Waals surface area contributed by atoms with Gasteiger partial charge in [-0.1, -0.05) is 6.08 Å². The molecule has 68 valence electrons. The third-order valence-electron chi connectivity index (χ3n) is 2.43. The molecule has 1 aliphatic rings. The molecule has 12 heavy (non-hydrogen) atoms. The van der Waals surface area contributed by atoms with E-state index in [1.165, 1.54) is 0 Å². The van der Waals surface area contributed by atoms with Crippen LogP contribution in [0, 0.1) is 11.8 Å². The molecule has 1 rings (SSSR count). The minimum Gasteiger partial charge on any atom is -0.358 e. The Morgan fingerprint density at radius 3 is 3.17 bits per heavy atom. The van der Waals surface area contributed by atoms with Crippen molar-refractivity contribution in [3.63, 3.8) is 0 Å². The van der Waals surface area contributed by atoms with Crippen molar-refractivity contribution in [2.75, 3.05) is 19.6 Å². The van der Waals surface area contributed by atoms with Crippen LogP contribution in [0.25, 0.3) is 0 Å². The molecule has 1 aliphatic heterocycles. The van der Waals surface area contributed by atoms with Gasteiger partial charge < -0.3 is 10.6 Å². The maximum Gasteiger partial charge on any atom is 0.207 e. The van der Waals surface area contributed by atoms with Crippen molar-refractivity contribution in [2.45, 2.75) is 6.42 Å². The van der Waals surface area contributed by atoms with Crippen LogP contribution < -0.4 is 10.6 Å². The first-order chi connectivity index (χ1) is 5.88. The molecule has 3 heteroatoms. The molecule has 0 aromatic rings. The van der Waals surface area contributed by atoms with Crippen LogP contribution in [0.5, 0.6) is 0 Å². The van der Waals surface area contributed by atoms with Crippen LogP contribution >= 0.6 is 0 Å². The molecule has 2 atom stereocenters. The van der Waals surface area contributed by atoms with E-state index in [-0.39, 0.29) is 0 Å². The minimum atomic E-state index is 0.515. The van der Waals surface area contributed by atoms with Gasteiger partial charge in [-0.15, -0.1) is 6.58 Å². The van der Waals surface area contributed by atoms with Crippen molar-refractivity contribution in [1.29, 1.82) is 0 Å². The predicted octanol–water partition coefficient (Wildman–Crippen LogP) is 0.144. The Balaban J connectivity index is 2.35. The fraction of sp³-hybridized carbons (Fsp3) is 0.667. The molecule has 0 spiro atoms. The van der Waals surface area contributed by atoms with E-state index in [1.807, 2.05) is 6.08 Å². The fourth-order valence-electron chi connectivity index (χ4n) is 1.68. The van der Waals surface area contributed by atoms with Crippen molar-refractivity contribution in [1.82, 2.24) is 10.6 Å². The Hall–Kier alpha value is -0.830. The van der Waals surface area contributed by atoms with Gasteiger partial charge in [-0.2, -0.15) is 0 Å². The van der Waals surface area contributed by atoms with E-state index in [9.17, 15) is 4.79 Å². The first kappa shape index (κ1) is 9.26. The van der Waals surface area contributed by atoms with E-state index >= 15 is 0 Å². The minimum absolute atomic E-state index is 0.515. The highest BCUT2D eigenvalue weighted by Gasteiger charge is 2.21. The predicted molar refractivity (Wildman–Crippen MR) is 48.7 cm³/mol. The molecule has 0 aromatic heterocycles. The maximum absolute atomic E-state index is 10.1. The number of amides is 1. The summed E-state index contributed by atoms with van der Waals surface area (Å²) in [5.41, 5.74) is 0. The highest BCUT2D eigenvalue weighted by molar-refractivity contribution is 5.45. The van der Waals surface area contributed by atoms with Crippen LogP contribution in [0.1, 0.15) is 6.42 Å². The Kier molecular flexibility index (Phi) is 3.80. The summed E-state index contributed by atoms with van der Waals surface area (Å²) in [6, 6.07) is 0. The highest BCUT2D eigenvalue weighted by atomic mass is 16.1. The van der Waals surface area contributed by atoms with Gasteiger partial charge in [0, 0.05) is 13.1 Å². The van der Waals surface area contributed by atoms with Crippen molar-refractivity contribution < 1.29 is 4.79 Å². The van der Waals surface area contributed by atoms with Gasteiger partial charge in [-0.05, 0) is 24.8 Å². The lowest BCUT2D eigenvalue weighted by Crippen LogP contribution is -2.40. The molecule has 1 fully saturated rings. The second kappa shape index (κ2) is 4.93. The van der Waals surface area contributed by atoms with E-state index in [0.29, 0.717) is 11.8 Å². The average molecular weight is 168 g/mol. The van der Waals surface area contributed by atoms with Gasteiger partial charge >= 0.3 is 0 Å². The Labute approximate surface area is 73.2 Å². The molecule has 0 unspecified atom stereocenters. The quantitative estimate of drug-likeness (QED) is 0.463. The van der Waals surface area contributed by atoms with Crippen LogP contribution in [-0.4, -0.2) is 26.0 Å². The summed E-state index contributed by atoms with van der Waals surface area (Å²) in [5.74, 6) is 1.07. The smallest absolute Gasteiger partial charge is 0.207 e. The summed E-state index contributed by atoms with van der Waals surface area (Å²) in [7, 11) is 0. The van der Waals surface area contributed by atoms with Crippen LogP contribution in [0.15, 0.2) is 12.7 Å². The van der Waals surface area contributed by atoms with Crippen molar-refractivity contribution in [3.05, 3.63) is 12.7 Å². The summed E-state index contributed by atoms with van der Waals surface area (Å²) in [6.07, 6.45) is 3.89. The number of carbonyl (C=O) groups excluding carboxylic acids is 1. The van der Waals surface area contributed by atoms with Crippen LogP contribution in [0.3, 0.4) is 0 Å². The van der Waals surface area contributed by atoms with Crippen molar-refractivity contribution >= 4 is 6.41 Å². The topological polar surface area (TPSA) is 41.1 Å². The summed E-state index contributed by atoms with van der Waals surface area (Å²) in [5, 5.41) is 6.02. The monoisotopic (exact) mass is 168 g/mol. The van der Waals surface area contributed by atoms with Crippen molar-refractivity contribution in [3.8, 4) is 0 Å². The first-order valence-electron chi connectivity index (χ1n) is 4.38. The van der Waals surface area contributed by atoms with E-state index in [4.69, 9.17) is 0 Å². The molecule has 3 nitrogen and oxygen atoms in total. The maximum atomic E-state index is 10.1. The van der Waals surface area contributed by atoms with Crippen LogP contribution in [0.2, 0.25) is 0 Å². The SMILES string of the molecule is C=C[C@@H]1CCNC[C@@H]1CNC=O. The summed E-state index contributed by atoms with van der Waals surface area (Å²) in [6.45, 7) is 6.60.